The molecule has 1 saturated carbocycles. The predicted octanol–water partition coefficient (Wildman–Crippen LogP) is 3.63. The van der Waals surface area contributed by atoms with Gasteiger partial charge in [0.1, 0.15) is 0 Å². The van der Waals surface area contributed by atoms with Crippen molar-refractivity contribution in [2.45, 2.75) is 38.3 Å². The zero-order valence-electron chi connectivity index (χ0n) is 14.7. The second-order valence-electron chi connectivity index (χ2n) is 7.78. The second kappa shape index (κ2) is 6.44. The van der Waals surface area contributed by atoms with E-state index in [1.54, 1.807) is 0 Å². The minimum atomic E-state index is -4.42. The minimum absolute atomic E-state index is 0.0603. The van der Waals surface area contributed by atoms with Gasteiger partial charge in [-0.1, -0.05) is 0 Å². The van der Waals surface area contributed by atoms with Crippen LogP contribution in [0.1, 0.15) is 37.7 Å². The average molecular weight is 367 g/mol. The Morgan fingerprint density at radius 2 is 1.88 bits per heavy atom. The van der Waals surface area contributed by atoms with Crippen LogP contribution in [0.5, 0.6) is 0 Å². The number of carbonyl (C=O) groups is 1. The van der Waals surface area contributed by atoms with Crippen molar-refractivity contribution in [2.75, 3.05) is 36.4 Å². The summed E-state index contributed by atoms with van der Waals surface area (Å²) in [5, 5.41) is 6.13. The van der Waals surface area contributed by atoms with Crippen molar-refractivity contribution in [3.05, 3.63) is 23.8 Å². The van der Waals surface area contributed by atoms with Gasteiger partial charge >= 0.3 is 6.18 Å². The van der Waals surface area contributed by atoms with E-state index in [0.717, 1.165) is 70.4 Å². The molecular weight excluding hydrogens is 343 g/mol. The third kappa shape index (κ3) is 3.29. The van der Waals surface area contributed by atoms with Gasteiger partial charge in [0.05, 0.1) is 16.9 Å². The van der Waals surface area contributed by atoms with Crippen molar-refractivity contribution >= 4 is 17.3 Å². The van der Waals surface area contributed by atoms with Crippen LogP contribution in [0.3, 0.4) is 0 Å². The molecule has 2 heterocycles. The first kappa shape index (κ1) is 17.6. The van der Waals surface area contributed by atoms with Crippen molar-refractivity contribution in [3.8, 4) is 0 Å². The highest BCUT2D eigenvalue weighted by molar-refractivity contribution is 5.98. The van der Waals surface area contributed by atoms with Crippen molar-refractivity contribution in [1.82, 2.24) is 5.32 Å². The Labute approximate surface area is 151 Å². The summed E-state index contributed by atoms with van der Waals surface area (Å²) in [7, 11) is 0. The van der Waals surface area contributed by atoms with Gasteiger partial charge in [-0.2, -0.15) is 13.2 Å². The number of rotatable bonds is 3. The normalized spacial score (nSPS) is 24.7. The number of carbonyl (C=O) groups excluding carboxylic acids is 1. The smallest absolute Gasteiger partial charge is 0.370 e. The van der Waals surface area contributed by atoms with Crippen LogP contribution in [0.15, 0.2) is 18.2 Å². The van der Waals surface area contributed by atoms with E-state index in [-0.39, 0.29) is 17.2 Å². The van der Waals surface area contributed by atoms with Gasteiger partial charge in [-0.05, 0) is 68.8 Å². The monoisotopic (exact) mass is 367 g/mol. The third-order valence-electron chi connectivity index (χ3n) is 6.13. The number of anilines is 2. The standard InChI is InChI=1S/C19H24F3N3O/c20-19(21,22)13-3-4-16(25-9-1-2-10-25)15(11-13)24-17(26)14-12-18(14)5-7-23-8-6-18/h3-4,11,14,23H,1-2,5-10,12H2,(H,24,26). The Morgan fingerprint density at radius 1 is 1.19 bits per heavy atom. The third-order valence-corrected chi connectivity index (χ3v) is 6.13. The lowest BCUT2D eigenvalue weighted by molar-refractivity contribution is -0.137. The van der Waals surface area contributed by atoms with Gasteiger partial charge in [0.2, 0.25) is 5.91 Å². The molecule has 1 amide bonds. The molecule has 1 aromatic carbocycles. The largest absolute Gasteiger partial charge is 0.416 e. The van der Waals surface area contributed by atoms with Crippen LogP contribution < -0.4 is 15.5 Å². The van der Waals surface area contributed by atoms with E-state index in [1.807, 2.05) is 0 Å². The molecular formula is C19H24F3N3O. The van der Waals surface area contributed by atoms with Gasteiger partial charge in [0, 0.05) is 19.0 Å². The maximum Gasteiger partial charge on any atom is 0.416 e. The van der Waals surface area contributed by atoms with Gasteiger partial charge in [0.15, 0.2) is 0 Å². The fraction of sp³-hybridized carbons (Fsp3) is 0.632. The predicted molar refractivity (Wildman–Crippen MR) is 94.2 cm³/mol. The molecule has 1 aromatic rings. The molecule has 2 saturated heterocycles. The topological polar surface area (TPSA) is 44.4 Å². The van der Waals surface area contributed by atoms with E-state index in [9.17, 15) is 18.0 Å². The van der Waals surface area contributed by atoms with Crippen LogP contribution in [0.2, 0.25) is 0 Å². The molecule has 2 aliphatic heterocycles. The highest BCUT2D eigenvalue weighted by Crippen LogP contribution is 2.59. The zero-order valence-corrected chi connectivity index (χ0v) is 14.7. The molecule has 0 aromatic heterocycles. The molecule has 2 N–H and O–H groups in total. The van der Waals surface area contributed by atoms with Gasteiger partial charge in [-0.25, -0.2) is 0 Å². The lowest BCUT2D eigenvalue weighted by atomic mass is 9.91. The molecule has 1 aliphatic carbocycles. The first-order chi connectivity index (χ1) is 12.4. The van der Waals surface area contributed by atoms with Gasteiger partial charge in [-0.15, -0.1) is 0 Å². The van der Waals surface area contributed by atoms with Crippen LogP contribution >= 0.6 is 0 Å². The lowest BCUT2D eigenvalue weighted by Crippen LogP contribution is -2.32. The van der Waals surface area contributed by atoms with E-state index in [1.165, 1.54) is 6.07 Å². The van der Waals surface area contributed by atoms with E-state index in [2.05, 4.69) is 15.5 Å². The number of hydrogen-bond donors (Lipinski definition) is 2. The highest BCUT2D eigenvalue weighted by atomic mass is 19.4. The summed E-state index contributed by atoms with van der Waals surface area (Å²) in [4.78, 5) is 14.8. The number of hydrogen-bond acceptors (Lipinski definition) is 3. The van der Waals surface area contributed by atoms with Gasteiger partial charge in [-0.3, -0.25) is 4.79 Å². The number of alkyl halides is 3. The molecule has 3 aliphatic rings. The average Bonchev–Trinajstić information content (AvgIpc) is 3.05. The fourth-order valence-corrected chi connectivity index (χ4v) is 4.46. The van der Waals surface area contributed by atoms with Crippen LogP contribution in [0, 0.1) is 11.3 Å². The second-order valence-corrected chi connectivity index (χ2v) is 7.78. The molecule has 4 nitrogen and oxygen atoms in total. The quantitative estimate of drug-likeness (QED) is 0.857. The highest BCUT2D eigenvalue weighted by Gasteiger charge is 2.57. The van der Waals surface area contributed by atoms with Crippen LogP contribution in [-0.2, 0) is 11.0 Å². The number of nitrogens with zero attached hydrogens (tertiary/aromatic N) is 1. The Bertz CT molecular complexity index is 692. The summed E-state index contributed by atoms with van der Waals surface area (Å²) < 4.78 is 39.4. The van der Waals surface area contributed by atoms with Crippen molar-refractivity contribution in [1.29, 1.82) is 0 Å². The van der Waals surface area contributed by atoms with Crippen LogP contribution in [-0.4, -0.2) is 32.1 Å². The number of benzene rings is 1. The van der Waals surface area contributed by atoms with Gasteiger partial charge < -0.3 is 15.5 Å². The van der Waals surface area contributed by atoms with Crippen molar-refractivity contribution in [3.63, 3.8) is 0 Å². The number of amides is 1. The number of nitrogens with one attached hydrogen (secondary N) is 2. The lowest BCUT2D eigenvalue weighted by Gasteiger charge is -2.25. The van der Waals surface area contributed by atoms with Gasteiger partial charge in [0.25, 0.3) is 0 Å². The summed E-state index contributed by atoms with van der Waals surface area (Å²) in [5.41, 5.74) is 0.333. The molecule has 1 atom stereocenters. The van der Waals surface area contributed by atoms with Crippen LogP contribution in [0.25, 0.3) is 0 Å². The van der Waals surface area contributed by atoms with E-state index < -0.39 is 11.7 Å². The minimum Gasteiger partial charge on any atom is -0.370 e. The summed E-state index contributed by atoms with van der Waals surface area (Å²) in [6.45, 7) is 3.44. The first-order valence-corrected chi connectivity index (χ1v) is 9.37. The molecule has 3 fully saturated rings. The molecule has 142 valence electrons. The maximum absolute atomic E-state index is 13.1. The van der Waals surface area contributed by atoms with Crippen molar-refractivity contribution < 1.29 is 18.0 Å². The maximum atomic E-state index is 13.1. The molecule has 4 rings (SSSR count). The Morgan fingerprint density at radius 3 is 2.54 bits per heavy atom. The zero-order chi connectivity index (χ0) is 18.4. The molecule has 1 unspecified atom stereocenters. The summed E-state index contributed by atoms with van der Waals surface area (Å²) in [6.07, 6.45) is 0.400. The van der Waals surface area contributed by atoms with Crippen LogP contribution in [0.4, 0.5) is 24.5 Å². The molecule has 26 heavy (non-hydrogen) atoms. The number of piperidine rings is 1. The Balaban J connectivity index is 1.56. The summed E-state index contributed by atoms with van der Waals surface area (Å²) >= 11 is 0. The molecule has 7 heteroatoms. The molecule has 1 spiro atoms. The fourth-order valence-electron chi connectivity index (χ4n) is 4.46. The molecule has 0 bridgehead atoms. The van der Waals surface area contributed by atoms with Crippen molar-refractivity contribution in [2.24, 2.45) is 11.3 Å². The summed E-state index contributed by atoms with van der Waals surface area (Å²) in [5.74, 6) is -0.211. The summed E-state index contributed by atoms with van der Waals surface area (Å²) in [6, 6.07) is 3.69. The van der Waals surface area contributed by atoms with E-state index in [4.69, 9.17) is 0 Å². The number of halogens is 3. The first-order valence-electron chi connectivity index (χ1n) is 9.37. The Hall–Kier alpha value is -1.76. The van der Waals surface area contributed by atoms with E-state index >= 15 is 0 Å². The van der Waals surface area contributed by atoms with E-state index in [0.29, 0.717) is 11.4 Å². The SMILES string of the molecule is O=C(Nc1cc(C(F)(F)F)ccc1N1CCCC1)C1CC12CCNCC2. The molecule has 0 radical (unpaired) electrons. The Kier molecular flexibility index (Phi) is 4.37.